The van der Waals surface area contributed by atoms with E-state index < -0.39 is 17.8 Å². The molecule has 6 heteroatoms. The lowest BCUT2D eigenvalue weighted by molar-refractivity contribution is -0.151. The monoisotopic (exact) mass is 394 g/mol. The largest absolute Gasteiger partial charge is 0.455 e. The van der Waals surface area contributed by atoms with Gasteiger partial charge in [-0.25, -0.2) is 0 Å². The summed E-state index contributed by atoms with van der Waals surface area (Å²) < 4.78 is 5.18. The van der Waals surface area contributed by atoms with Crippen LogP contribution in [0.2, 0.25) is 0 Å². The van der Waals surface area contributed by atoms with Crippen LogP contribution in [0.5, 0.6) is 0 Å². The molecule has 1 atom stereocenters. The number of esters is 1. The lowest BCUT2D eigenvalue weighted by atomic mass is 10.1. The van der Waals surface area contributed by atoms with Crippen LogP contribution in [0.4, 0.5) is 11.4 Å². The average molecular weight is 394 g/mol. The minimum Gasteiger partial charge on any atom is -0.455 e. The van der Waals surface area contributed by atoms with Crippen LogP contribution in [0.25, 0.3) is 0 Å². The van der Waals surface area contributed by atoms with Gasteiger partial charge in [-0.3, -0.25) is 14.4 Å². The standard InChI is InChI=1S/C23H26N2O4/c1-14-6-8-19(17(4)9-14)24-21(26)13-29-23(28)18-11-22(27)25(12-18)20-10-15(2)5-7-16(20)3/h5-10,18H,11-13H2,1-4H3,(H,24,26)/t18-/m1/s1. The Hall–Kier alpha value is -3.15. The van der Waals surface area contributed by atoms with Crippen molar-refractivity contribution in [1.29, 1.82) is 0 Å². The van der Waals surface area contributed by atoms with E-state index in [1.54, 1.807) is 4.90 Å². The van der Waals surface area contributed by atoms with Crippen LogP contribution in [0, 0.1) is 33.6 Å². The van der Waals surface area contributed by atoms with Crippen LogP contribution in [-0.2, 0) is 19.1 Å². The molecule has 1 heterocycles. The Morgan fingerprint density at radius 2 is 1.72 bits per heavy atom. The summed E-state index contributed by atoms with van der Waals surface area (Å²) in [6.07, 6.45) is 0.0882. The number of carbonyl (C=O) groups excluding carboxylic acids is 3. The normalized spacial score (nSPS) is 16.1. The van der Waals surface area contributed by atoms with Gasteiger partial charge in [0.05, 0.1) is 5.92 Å². The maximum atomic E-state index is 12.4. The molecule has 2 aromatic carbocycles. The molecule has 1 fully saturated rings. The number of rotatable bonds is 5. The fourth-order valence-electron chi connectivity index (χ4n) is 3.50. The molecule has 1 N–H and O–H groups in total. The summed E-state index contributed by atoms with van der Waals surface area (Å²) in [5.41, 5.74) is 5.58. The third-order valence-electron chi connectivity index (χ3n) is 5.12. The van der Waals surface area contributed by atoms with Crippen molar-refractivity contribution in [2.75, 3.05) is 23.4 Å². The first-order valence-corrected chi connectivity index (χ1v) is 9.66. The van der Waals surface area contributed by atoms with Crippen molar-refractivity contribution < 1.29 is 19.1 Å². The summed E-state index contributed by atoms with van der Waals surface area (Å²) in [7, 11) is 0. The van der Waals surface area contributed by atoms with E-state index >= 15 is 0 Å². The molecule has 2 aromatic rings. The molecule has 2 amide bonds. The Balaban J connectivity index is 1.56. The van der Waals surface area contributed by atoms with Gasteiger partial charge >= 0.3 is 5.97 Å². The maximum absolute atomic E-state index is 12.4. The zero-order valence-electron chi connectivity index (χ0n) is 17.2. The number of anilines is 2. The molecule has 0 radical (unpaired) electrons. The Morgan fingerprint density at radius 3 is 2.45 bits per heavy atom. The molecule has 0 spiro atoms. The zero-order chi connectivity index (χ0) is 21.1. The van der Waals surface area contributed by atoms with Gasteiger partial charge in [-0.05, 0) is 56.5 Å². The van der Waals surface area contributed by atoms with Gasteiger partial charge in [0.15, 0.2) is 6.61 Å². The molecule has 6 nitrogen and oxygen atoms in total. The lowest BCUT2D eigenvalue weighted by Crippen LogP contribution is -2.28. The number of carbonyl (C=O) groups is 3. The second-order valence-electron chi connectivity index (χ2n) is 7.67. The number of benzene rings is 2. The molecule has 0 saturated carbocycles. The van der Waals surface area contributed by atoms with Gasteiger partial charge in [-0.15, -0.1) is 0 Å². The van der Waals surface area contributed by atoms with E-state index in [1.807, 2.05) is 64.1 Å². The zero-order valence-corrected chi connectivity index (χ0v) is 17.2. The van der Waals surface area contributed by atoms with Gasteiger partial charge in [-0.1, -0.05) is 29.8 Å². The highest BCUT2D eigenvalue weighted by molar-refractivity contribution is 6.00. The van der Waals surface area contributed by atoms with Crippen molar-refractivity contribution >= 4 is 29.2 Å². The highest BCUT2D eigenvalue weighted by Gasteiger charge is 2.36. The second kappa shape index (κ2) is 8.47. The van der Waals surface area contributed by atoms with Crippen LogP contribution in [0.3, 0.4) is 0 Å². The maximum Gasteiger partial charge on any atom is 0.311 e. The summed E-state index contributed by atoms with van der Waals surface area (Å²) in [6, 6.07) is 11.6. The van der Waals surface area contributed by atoms with Crippen molar-refractivity contribution in [2.45, 2.75) is 34.1 Å². The number of hydrogen-bond donors (Lipinski definition) is 1. The van der Waals surface area contributed by atoms with Crippen LogP contribution >= 0.6 is 0 Å². The van der Waals surface area contributed by atoms with Crippen molar-refractivity contribution in [3.63, 3.8) is 0 Å². The van der Waals surface area contributed by atoms with Crippen LogP contribution in [0.15, 0.2) is 36.4 Å². The molecule has 0 aromatic heterocycles. The number of nitrogens with one attached hydrogen (secondary N) is 1. The van der Waals surface area contributed by atoms with E-state index in [0.717, 1.165) is 27.9 Å². The molecule has 3 rings (SSSR count). The summed E-state index contributed by atoms with van der Waals surface area (Å²) in [4.78, 5) is 38.6. The minimum atomic E-state index is -0.573. The Bertz CT molecular complexity index is 967. The van der Waals surface area contributed by atoms with Gasteiger partial charge in [0, 0.05) is 24.3 Å². The average Bonchev–Trinajstić information content (AvgIpc) is 3.05. The first-order chi connectivity index (χ1) is 13.7. The Labute approximate surface area is 170 Å². The number of hydrogen-bond acceptors (Lipinski definition) is 4. The predicted molar refractivity (Wildman–Crippen MR) is 112 cm³/mol. The smallest absolute Gasteiger partial charge is 0.311 e. The Kier molecular flexibility index (Phi) is 6.01. The summed E-state index contributed by atoms with van der Waals surface area (Å²) in [5.74, 6) is -1.61. The van der Waals surface area contributed by atoms with Crippen LogP contribution in [-0.4, -0.2) is 30.9 Å². The molecule has 0 aliphatic carbocycles. The molecule has 0 bridgehead atoms. The predicted octanol–water partition coefficient (Wildman–Crippen LogP) is 3.46. The SMILES string of the molecule is Cc1ccc(NC(=O)COC(=O)[C@@H]2CC(=O)N(c3cc(C)ccc3C)C2)c(C)c1. The quantitative estimate of drug-likeness (QED) is 0.788. The molecule has 152 valence electrons. The van der Waals surface area contributed by atoms with E-state index in [1.165, 1.54) is 0 Å². The van der Waals surface area contributed by atoms with Gasteiger partial charge in [-0.2, -0.15) is 0 Å². The van der Waals surface area contributed by atoms with E-state index in [4.69, 9.17) is 4.74 Å². The number of nitrogens with zero attached hydrogens (tertiary/aromatic N) is 1. The van der Waals surface area contributed by atoms with E-state index in [-0.39, 0.29) is 25.5 Å². The first kappa shape index (κ1) is 20.6. The van der Waals surface area contributed by atoms with Crippen molar-refractivity contribution in [3.8, 4) is 0 Å². The van der Waals surface area contributed by atoms with Gasteiger partial charge < -0.3 is 15.0 Å². The van der Waals surface area contributed by atoms with Crippen molar-refractivity contribution in [3.05, 3.63) is 58.7 Å². The van der Waals surface area contributed by atoms with Gasteiger partial charge in [0.25, 0.3) is 5.91 Å². The number of ether oxygens (including phenoxy) is 1. The molecule has 0 unspecified atom stereocenters. The van der Waals surface area contributed by atoms with Crippen molar-refractivity contribution in [1.82, 2.24) is 0 Å². The molecule has 1 aliphatic heterocycles. The van der Waals surface area contributed by atoms with E-state index in [0.29, 0.717) is 5.69 Å². The van der Waals surface area contributed by atoms with Crippen LogP contribution in [0.1, 0.15) is 28.7 Å². The van der Waals surface area contributed by atoms with Crippen molar-refractivity contribution in [2.24, 2.45) is 5.92 Å². The number of amides is 2. The highest BCUT2D eigenvalue weighted by Crippen LogP contribution is 2.29. The second-order valence-corrected chi connectivity index (χ2v) is 7.67. The molecule has 29 heavy (non-hydrogen) atoms. The molecular formula is C23H26N2O4. The Morgan fingerprint density at radius 1 is 1.03 bits per heavy atom. The summed E-state index contributed by atoms with van der Waals surface area (Å²) in [5, 5.41) is 2.75. The fourth-order valence-corrected chi connectivity index (χ4v) is 3.50. The molecule has 1 saturated heterocycles. The van der Waals surface area contributed by atoms with Gasteiger partial charge in [0.2, 0.25) is 5.91 Å². The number of aryl methyl sites for hydroxylation is 4. The summed E-state index contributed by atoms with van der Waals surface area (Å²) in [6.45, 7) is 7.67. The highest BCUT2D eigenvalue weighted by atomic mass is 16.5. The fraction of sp³-hybridized carbons (Fsp3) is 0.348. The lowest BCUT2D eigenvalue weighted by Gasteiger charge is -2.19. The first-order valence-electron chi connectivity index (χ1n) is 9.66. The third-order valence-corrected chi connectivity index (χ3v) is 5.12. The third kappa shape index (κ3) is 4.83. The minimum absolute atomic E-state index is 0.0882. The molecule has 1 aliphatic rings. The van der Waals surface area contributed by atoms with E-state index in [2.05, 4.69) is 5.32 Å². The van der Waals surface area contributed by atoms with Crippen LogP contribution < -0.4 is 10.2 Å². The molecular weight excluding hydrogens is 368 g/mol. The van der Waals surface area contributed by atoms with E-state index in [9.17, 15) is 14.4 Å². The summed E-state index contributed by atoms with van der Waals surface area (Å²) >= 11 is 0. The van der Waals surface area contributed by atoms with Gasteiger partial charge in [0.1, 0.15) is 0 Å². The topological polar surface area (TPSA) is 75.7 Å².